The zero-order valence-electron chi connectivity index (χ0n) is 21.4. The first kappa shape index (κ1) is 28.6. The third-order valence-electron chi connectivity index (χ3n) is 6.54. The second kappa shape index (κ2) is 12.7. The molecule has 7 nitrogen and oxygen atoms in total. The van der Waals surface area contributed by atoms with Crippen LogP contribution in [0.2, 0.25) is 5.02 Å². The maximum absolute atomic E-state index is 13.3. The van der Waals surface area contributed by atoms with Crippen molar-refractivity contribution in [3.8, 4) is 0 Å². The van der Waals surface area contributed by atoms with Gasteiger partial charge in [-0.1, -0.05) is 48.0 Å². The summed E-state index contributed by atoms with van der Waals surface area (Å²) < 4.78 is 50.5. The Morgan fingerprint density at radius 1 is 1.10 bits per heavy atom. The lowest BCUT2D eigenvalue weighted by molar-refractivity contribution is -0.149. The molecule has 4 rings (SSSR count). The fraction of sp³-hybridized carbons (Fsp3) is 0.393. The maximum atomic E-state index is 13.3. The maximum Gasteiger partial charge on any atom is 0.416 e. The summed E-state index contributed by atoms with van der Waals surface area (Å²) in [6.07, 6.45) is -2.14. The van der Waals surface area contributed by atoms with E-state index in [9.17, 15) is 22.8 Å². The highest BCUT2D eigenvalue weighted by Gasteiger charge is 2.31. The summed E-state index contributed by atoms with van der Waals surface area (Å²) in [5.41, 5.74) is 0.660. The van der Waals surface area contributed by atoms with E-state index in [0.29, 0.717) is 49.7 Å². The fourth-order valence-corrected chi connectivity index (χ4v) is 4.75. The number of esters is 1. The number of nitrogens with zero attached hydrogens (tertiary/aromatic N) is 3. The molecule has 1 aliphatic heterocycles. The predicted octanol–water partition coefficient (Wildman–Crippen LogP) is 5.96. The smallest absolute Gasteiger partial charge is 0.416 e. The van der Waals surface area contributed by atoms with Crippen LogP contribution in [0.4, 0.5) is 13.2 Å². The summed E-state index contributed by atoms with van der Waals surface area (Å²) in [6.45, 7) is 3.51. The first-order valence-electron chi connectivity index (χ1n) is 12.7. The van der Waals surface area contributed by atoms with Crippen LogP contribution in [0.5, 0.6) is 0 Å². The molecule has 0 radical (unpaired) electrons. The monoisotopic (exact) mass is 563 g/mol. The van der Waals surface area contributed by atoms with Gasteiger partial charge in [0.1, 0.15) is 6.26 Å². The Bertz CT molecular complexity index is 1290. The van der Waals surface area contributed by atoms with Crippen molar-refractivity contribution in [3.05, 3.63) is 88.1 Å². The van der Waals surface area contributed by atoms with Crippen molar-refractivity contribution in [3.63, 3.8) is 0 Å². The van der Waals surface area contributed by atoms with Crippen molar-refractivity contribution in [2.75, 3.05) is 19.7 Å². The van der Waals surface area contributed by atoms with Crippen molar-refractivity contribution in [2.45, 2.75) is 45.6 Å². The van der Waals surface area contributed by atoms with Gasteiger partial charge in [-0.3, -0.25) is 14.5 Å². The second-order valence-electron chi connectivity index (χ2n) is 9.38. The third kappa shape index (κ3) is 7.60. The Morgan fingerprint density at radius 3 is 2.54 bits per heavy atom. The largest absolute Gasteiger partial charge is 0.466 e. The van der Waals surface area contributed by atoms with Crippen LogP contribution in [0, 0.1) is 5.92 Å². The van der Waals surface area contributed by atoms with E-state index >= 15 is 0 Å². The van der Waals surface area contributed by atoms with Gasteiger partial charge in [-0.25, -0.2) is 4.98 Å². The number of hydrogen-bond donors (Lipinski definition) is 0. The van der Waals surface area contributed by atoms with E-state index < -0.39 is 11.7 Å². The molecule has 208 valence electrons. The highest BCUT2D eigenvalue weighted by atomic mass is 35.5. The van der Waals surface area contributed by atoms with E-state index in [1.54, 1.807) is 30.0 Å². The van der Waals surface area contributed by atoms with Crippen molar-refractivity contribution in [2.24, 2.45) is 5.92 Å². The molecule has 2 heterocycles. The molecule has 0 spiro atoms. The highest BCUT2D eigenvalue weighted by molar-refractivity contribution is 6.31. The Hall–Kier alpha value is -3.37. The minimum atomic E-state index is -4.45. The molecule has 0 saturated carbocycles. The topological polar surface area (TPSA) is 75.9 Å². The molecule has 1 aromatic heterocycles. The van der Waals surface area contributed by atoms with Gasteiger partial charge in [0, 0.05) is 31.2 Å². The van der Waals surface area contributed by atoms with E-state index in [0.717, 1.165) is 17.7 Å². The minimum Gasteiger partial charge on any atom is -0.466 e. The van der Waals surface area contributed by atoms with E-state index in [-0.39, 0.29) is 42.5 Å². The number of alkyl halides is 3. The van der Waals surface area contributed by atoms with Crippen LogP contribution in [0.25, 0.3) is 0 Å². The number of carbonyl (C=O) groups excluding carboxylic acids is 2. The average Bonchev–Trinajstić information content (AvgIpc) is 3.38. The average molecular weight is 564 g/mol. The van der Waals surface area contributed by atoms with Crippen molar-refractivity contribution < 1.29 is 31.9 Å². The zero-order chi connectivity index (χ0) is 28.0. The fourth-order valence-electron chi connectivity index (χ4n) is 4.55. The van der Waals surface area contributed by atoms with Crippen LogP contribution in [0.3, 0.4) is 0 Å². The molecule has 11 heteroatoms. The highest BCUT2D eigenvalue weighted by Crippen LogP contribution is 2.30. The summed E-state index contributed by atoms with van der Waals surface area (Å²) in [5, 5.41) is 0.529. The molecule has 0 bridgehead atoms. The van der Waals surface area contributed by atoms with E-state index in [4.69, 9.17) is 20.8 Å². The summed E-state index contributed by atoms with van der Waals surface area (Å²) >= 11 is 6.34. The van der Waals surface area contributed by atoms with Crippen LogP contribution in [-0.4, -0.2) is 46.4 Å². The molecule has 1 amide bonds. The first-order chi connectivity index (χ1) is 18.6. The van der Waals surface area contributed by atoms with Crippen molar-refractivity contribution >= 4 is 23.5 Å². The molecular formula is C28H29ClF3N3O4. The number of rotatable bonds is 9. The lowest BCUT2D eigenvalue weighted by atomic mass is 9.97. The van der Waals surface area contributed by atoms with Gasteiger partial charge in [-0.2, -0.15) is 13.2 Å². The number of amides is 1. The van der Waals surface area contributed by atoms with E-state index in [1.807, 2.05) is 17.0 Å². The number of benzene rings is 2. The van der Waals surface area contributed by atoms with Crippen LogP contribution in [0.15, 0.2) is 59.2 Å². The summed E-state index contributed by atoms with van der Waals surface area (Å²) in [7, 11) is 0. The Kier molecular flexibility index (Phi) is 9.29. The molecule has 1 saturated heterocycles. The lowest BCUT2D eigenvalue weighted by Crippen LogP contribution is -2.40. The predicted molar refractivity (Wildman–Crippen MR) is 138 cm³/mol. The van der Waals surface area contributed by atoms with Gasteiger partial charge < -0.3 is 14.1 Å². The lowest BCUT2D eigenvalue weighted by Gasteiger charge is -2.30. The standard InChI is InChI=1S/C28H29ClF3N3O4/c1-2-38-27(37)20-10-12-35(13-11-20)26(36)24-18-39-25(33-24)17-34(16-21-7-3-4-9-23(21)29)15-19-6-5-8-22(14-19)28(30,31)32/h3-9,14,18,20H,2,10-13,15-17H2,1H3. The molecule has 0 aliphatic carbocycles. The Labute approximate surface area is 229 Å². The van der Waals surface area contributed by atoms with Gasteiger partial charge in [0.15, 0.2) is 5.69 Å². The van der Waals surface area contributed by atoms with E-state index in [2.05, 4.69) is 4.98 Å². The van der Waals surface area contributed by atoms with Crippen LogP contribution < -0.4 is 0 Å². The number of aromatic nitrogens is 1. The normalized spacial score (nSPS) is 14.6. The Balaban J connectivity index is 1.46. The minimum absolute atomic E-state index is 0.136. The third-order valence-corrected chi connectivity index (χ3v) is 6.91. The van der Waals surface area contributed by atoms with Gasteiger partial charge in [-0.15, -0.1) is 0 Å². The number of carbonyl (C=O) groups is 2. The molecule has 39 heavy (non-hydrogen) atoms. The van der Waals surface area contributed by atoms with Gasteiger partial charge in [0.05, 0.1) is 24.6 Å². The van der Waals surface area contributed by atoms with Gasteiger partial charge in [0.2, 0.25) is 5.89 Å². The SMILES string of the molecule is CCOC(=O)C1CCN(C(=O)c2coc(CN(Cc3cccc(C(F)(F)F)c3)Cc3ccccc3Cl)n2)CC1. The van der Waals surface area contributed by atoms with Gasteiger partial charge in [-0.05, 0) is 43.0 Å². The number of ether oxygens (including phenoxy) is 1. The summed E-state index contributed by atoms with van der Waals surface area (Å²) in [5.74, 6) is -0.523. The first-order valence-corrected chi connectivity index (χ1v) is 13.0. The number of oxazole rings is 1. The number of halogens is 4. The number of piperidine rings is 1. The van der Waals surface area contributed by atoms with Gasteiger partial charge >= 0.3 is 12.1 Å². The molecule has 1 aliphatic rings. The zero-order valence-corrected chi connectivity index (χ0v) is 22.2. The second-order valence-corrected chi connectivity index (χ2v) is 9.79. The Morgan fingerprint density at radius 2 is 1.85 bits per heavy atom. The molecule has 3 aromatic rings. The van der Waals surface area contributed by atoms with Crippen molar-refractivity contribution in [1.82, 2.24) is 14.8 Å². The van der Waals surface area contributed by atoms with Crippen molar-refractivity contribution in [1.29, 1.82) is 0 Å². The number of hydrogen-bond acceptors (Lipinski definition) is 6. The molecule has 2 aromatic carbocycles. The molecule has 0 N–H and O–H groups in total. The van der Waals surface area contributed by atoms with Crippen LogP contribution in [0.1, 0.15) is 52.8 Å². The van der Waals surface area contributed by atoms with Gasteiger partial charge in [0.25, 0.3) is 5.91 Å². The summed E-state index contributed by atoms with van der Waals surface area (Å²) in [6, 6.07) is 12.4. The molecule has 1 fully saturated rings. The van der Waals surface area contributed by atoms with Crippen LogP contribution in [-0.2, 0) is 35.3 Å². The quantitative estimate of drug-likeness (QED) is 0.299. The molecule has 0 atom stereocenters. The molecular weight excluding hydrogens is 535 g/mol. The number of likely N-dealkylation sites (tertiary alicyclic amines) is 1. The van der Waals surface area contributed by atoms with Crippen LogP contribution >= 0.6 is 11.6 Å². The summed E-state index contributed by atoms with van der Waals surface area (Å²) in [4.78, 5) is 32.8. The van der Waals surface area contributed by atoms with E-state index in [1.165, 1.54) is 12.3 Å². The molecule has 0 unspecified atom stereocenters.